The Morgan fingerprint density at radius 2 is 2.22 bits per heavy atom. The van der Waals surface area contributed by atoms with Gasteiger partial charge in [-0.15, -0.1) is 0 Å². The van der Waals surface area contributed by atoms with E-state index in [9.17, 15) is 4.79 Å². The minimum Gasteiger partial charge on any atom is -0.368 e. The molecule has 0 saturated carbocycles. The number of carbonyl (C=O) groups excluding carboxylic acids is 1. The minimum atomic E-state index is -0.161. The van der Waals surface area contributed by atoms with Gasteiger partial charge in [0.15, 0.2) is 0 Å². The van der Waals surface area contributed by atoms with Gasteiger partial charge in [0.1, 0.15) is 11.5 Å². The van der Waals surface area contributed by atoms with Gasteiger partial charge in [-0.25, -0.2) is 9.97 Å². The van der Waals surface area contributed by atoms with Crippen molar-refractivity contribution in [3.8, 4) is 0 Å². The second-order valence-electron chi connectivity index (χ2n) is 3.87. The van der Waals surface area contributed by atoms with Gasteiger partial charge >= 0.3 is 0 Å². The zero-order valence-electron chi connectivity index (χ0n) is 10.1. The molecular formula is C12H15N5O. The summed E-state index contributed by atoms with van der Waals surface area (Å²) in [6.45, 7) is 3.13. The highest BCUT2D eigenvalue weighted by molar-refractivity contribution is 5.91. The minimum absolute atomic E-state index is 0.161. The molecule has 0 aliphatic heterocycles. The number of amides is 1. The van der Waals surface area contributed by atoms with Crippen LogP contribution in [0, 0.1) is 6.92 Å². The van der Waals surface area contributed by atoms with E-state index < -0.39 is 0 Å². The van der Waals surface area contributed by atoms with E-state index in [1.807, 2.05) is 19.1 Å². The van der Waals surface area contributed by atoms with Crippen LogP contribution in [0.4, 0.5) is 5.82 Å². The van der Waals surface area contributed by atoms with Crippen molar-refractivity contribution in [2.75, 3.05) is 18.4 Å². The Labute approximate surface area is 105 Å². The van der Waals surface area contributed by atoms with Crippen LogP contribution in [-0.2, 0) is 0 Å². The topological polar surface area (TPSA) is 82.7 Å². The van der Waals surface area contributed by atoms with E-state index in [1.54, 1.807) is 6.20 Å². The molecule has 0 saturated heterocycles. The smallest absolute Gasteiger partial charge is 0.269 e. The molecule has 1 amide bonds. The summed E-state index contributed by atoms with van der Waals surface area (Å²) in [6.07, 6.45) is 4.76. The van der Waals surface area contributed by atoms with Gasteiger partial charge in [-0.1, -0.05) is 6.07 Å². The lowest BCUT2D eigenvalue weighted by Crippen LogP contribution is -2.29. The fraction of sp³-hybridized carbons (Fsp3) is 0.250. The van der Waals surface area contributed by atoms with Crippen molar-refractivity contribution < 1.29 is 4.79 Å². The summed E-state index contributed by atoms with van der Waals surface area (Å²) in [5.74, 6) is 0.641. The molecule has 0 spiro atoms. The molecule has 6 heteroatoms. The lowest BCUT2D eigenvalue weighted by molar-refractivity contribution is 0.0950. The van der Waals surface area contributed by atoms with Gasteiger partial charge in [0, 0.05) is 19.3 Å². The van der Waals surface area contributed by atoms with Crippen molar-refractivity contribution in [2.45, 2.75) is 6.92 Å². The van der Waals surface area contributed by atoms with Crippen molar-refractivity contribution in [2.24, 2.45) is 0 Å². The molecule has 2 aromatic rings. The number of hydrogen-bond donors (Lipinski definition) is 3. The van der Waals surface area contributed by atoms with E-state index in [-0.39, 0.29) is 5.91 Å². The van der Waals surface area contributed by atoms with Crippen LogP contribution in [-0.4, -0.2) is 33.9 Å². The van der Waals surface area contributed by atoms with Crippen LogP contribution in [0.2, 0.25) is 0 Å². The Morgan fingerprint density at radius 3 is 2.89 bits per heavy atom. The van der Waals surface area contributed by atoms with Gasteiger partial charge in [0.05, 0.1) is 12.5 Å². The number of aromatic amines is 1. The summed E-state index contributed by atoms with van der Waals surface area (Å²) >= 11 is 0. The lowest BCUT2D eigenvalue weighted by atomic mass is 10.3. The number of nitrogens with one attached hydrogen (secondary N) is 3. The van der Waals surface area contributed by atoms with Gasteiger partial charge in [-0.2, -0.15) is 0 Å². The third-order valence-electron chi connectivity index (χ3n) is 2.37. The average molecular weight is 245 g/mol. The largest absolute Gasteiger partial charge is 0.368 e. The maximum atomic E-state index is 11.5. The van der Waals surface area contributed by atoms with Crippen molar-refractivity contribution in [1.82, 2.24) is 20.3 Å². The maximum absolute atomic E-state index is 11.5. The van der Waals surface area contributed by atoms with Crippen molar-refractivity contribution in [1.29, 1.82) is 0 Å². The second-order valence-corrected chi connectivity index (χ2v) is 3.87. The van der Waals surface area contributed by atoms with Gasteiger partial charge in [-0.05, 0) is 18.6 Å². The Balaban J connectivity index is 1.70. The number of nitrogens with zero attached hydrogens (tertiary/aromatic N) is 2. The van der Waals surface area contributed by atoms with Crippen LogP contribution >= 0.6 is 0 Å². The molecule has 18 heavy (non-hydrogen) atoms. The molecular weight excluding hydrogens is 230 g/mol. The number of pyridine rings is 1. The van der Waals surface area contributed by atoms with Gasteiger partial charge in [0.25, 0.3) is 5.91 Å². The van der Waals surface area contributed by atoms with Crippen LogP contribution in [0.25, 0.3) is 0 Å². The molecule has 0 atom stereocenters. The Kier molecular flexibility index (Phi) is 3.90. The molecule has 2 aromatic heterocycles. The van der Waals surface area contributed by atoms with E-state index in [1.165, 1.54) is 12.5 Å². The van der Waals surface area contributed by atoms with Crippen LogP contribution in [0.5, 0.6) is 0 Å². The van der Waals surface area contributed by atoms with E-state index in [0.717, 1.165) is 11.4 Å². The monoisotopic (exact) mass is 245 g/mol. The summed E-state index contributed by atoms with van der Waals surface area (Å²) in [5.41, 5.74) is 1.58. The summed E-state index contributed by atoms with van der Waals surface area (Å²) < 4.78 is 0. The van der Waals surface area contributed by atoms with E-state index in [0.29, 0.717) is 18.8 Å². The Hall–Kier alpha value is -2.37. The van der Waals surface area contributed by atoms with Crippen LogP contribution in [0.15, 0.2) is 30.9 Å². The van der Waals surface area contributed by atoms with E-state index in [2.05, 4.69) is 25.6 Å². The van der Waals surface area contributed by atoms with Crippen molar-refractivity contribution in [3.63, 3.8) is 0 Å². The second kappa shape index (κ2) is 5.81. The predicted molar refractivity (Wildman–Crippen MR) is 68.4 cm³/mol. The zero-order chi connectivity index (χ0) is 12.8. The normalized spacial score (nSPS) is 10.1. The first-order chi connectivity index (χ1) is 8.75. The molecule has 0 aliphatic rings. The summed E-state index contributed by atoms with van der Waals surface area (Å²) in [6, 6.07) is 3.89. The lowest BCUT2D eigenvalue weighted by Gasteiger charge is -2.06. The van der Waals surface area contributed by atoms with E-state index >= 15 is 0 Å². The Morgan fingerprint density at radius 1 is 1.33 bits per heavy atom. The zero-order valence-corrected chi connectivity index (χ0v) is 10.1. The number of hydrogen-bond acceptors (Lipinski definition) is 4. The summed E-state index contributed by atoms with van der Waals surface area (Å²) in [5, 5.41) is 5.89. The number of aryl methyl sites for hydroxylation is 1. The maximum Gasteiger partial charge on any atom is 0.269 e. The number of anilines is 1. The summed E-state index contributed by atoms with van der Waals surface area (Å²) in [7, 11) is 0. The number of aromatic nitrogens is 3. The summed E-state index contributed by atoms with van der Waals surface area (Å²) in [4.78, 5) is 22.3. The van der Waals surface area contributed by atoms with Gasteiger partial charge in [-0.3, -0.25) is 4.79 Å². The number of imidazole rings is 1. The van der Waals surface area contributed by atoms with Gasteiger partial charge in [0.2, 0.25) is 0 Å². The molecule has 0 bridgehead atoms. The first-order valence-corrected chi connectivity index (χ1v) is 5.69. The van der Waals surface area contributed by atoms with Gasteiger partial charge < -0.3 is 15.6 Å². The first-order valence-electron chi connectivity index (χ1n) is 5.69. The fourth-order valence-corrected chi connectivity index (χ4v) is 1.41. The highest BCUT2D eigenvalue weighted by Crippen LogP contribution is 2.02. The number of carbonyl (C=O) groups is 1. The Bertz CT molecular complexity index is 492. The van der Waals surface area contributed by atoms with Crippen LogP contribution < -0.4 is 10.6 Å². The SMILES string of the molecule is Cc1ccc(NCCNC(=O)c2cnc[nH]2)nc1. The standard InChI is InChI=1S/C12H15N5O/c1-9-2-3-11(16-6-9)14-4-5-15-12(18)10-7-13-8-17-10/h2-3,6-8H,4-5H2,1H3,(H,13,17)(H,14,16)(H,15,18). The molecule has 2 heterocycles. The molecule has 94 valence electrons. The molecule has 3 N–H and O–H groups in total. The molecule has 2 rings (SSSR count). The first kappa shape index (κ1) is 12.1. The molecule has 0 fully saturated rings. The third-order valence-corrected chi connectivity index (χ3v) is 2.37. The predicted octanol–water partition coefficient (Wildman–Crippen LogP) is 0.955. The number of rotatable bonds is 5. The van der Waals surface area contributed by atoms with Crippen LogP contribution in [0.1, 0.15) is 16.1 Å². The van der Waals surface area contributed by atoms with Crippen molar-refractivity contribution >= 4 is 11.7 Å². The third kappa shape index (κ3) is 3.31. The molecule has 0 aromatic carbocycles. The average Bonchev–Trinajstić information content (AvgIpc) is 2.90. The van der Waals surface area contributed by atoms with Crippen LogP contribution in [0.3, 0.4) is 0 Å². The van der Waals surface area contributed by atoms with E-state index in [4.69, 9.17) is 0 Å². The van der Waals surface area contributed by atoms with Crippen molar-refractivity contribution in [3.05, 3.63) is 42.1 Å². The fourth-order valence-electron chi connectivity index (χ4n) is 1.41. The quantitative estimate of drug-likeness (QED) is 0.685. The molecule has 0 radical (unpaired) electrons. The molecule has 0 unspecified atom stereocenters. The molecule has 0 aliphatic carbocycles. The number of H-pyrrole nitrogens is 1. The highest BCUT2D eigenvalue weighted by atomic mass is 16.1. The molecule has 6 nitrogen and oxygen atoms in total. The highest BCUT2D eigenvalue weighted by Gasteiger charge is 2.04.